The summed E-state index contributed by atoms with van der Waals surface area (Å²) in [6, 6.07) is -2.42. The Kier molecular flexibility index (Phi) is 8.17. The van der Waals surface area contributed by atoms with Crippen molar-refractivity contribution in [1.82, 2.24) is 15.3 Å². The third-order valence-corrected chi connectivity index (χ3v) is 4.66. The minimum atomic E-state index is -1.34. The third-order valence-electron chi connectivity index (χ3n) is 4.66. The number of carbonyl (C=O) groups is 6. The van der Waals surface area contributed by atoms with Crippen molar-refractivity contribution in [3.05, 3.63) is 0 Å². The highest BCUT2D eigenvalue weighted by molar-refractivity contribution is 6.02. The number of alkyl carbamates (subject to hydrolysis) is 1. The van der Waals surface area contributed by atoms with Gasteiger partial charge >= 0.3 is 18.0 Å². The first kappa shape index (κ1) is 25.1. The van der Waals surface area contributed by atoms with Crippen LogP contribution < -0.4 is 5.32 Å². The predicted octanol–water partition coefficient (Wildman–Crippen LogP) is 0.431. The van der Waals surface area contributed by atoms with Gasteiger partial charge < -0.3 is 24.5 Å². The molecule has 178 valence electrons. The fourth-order valence-electron chi connectivity index (χ4n) is 3.32. The van der Waals surface area contributed by atoms with Gasteiger partial charge in [0.2, 0.25) is 5.91 Å². The fraction of sp³-hybridized carbons (Fsp3) is 0.700. The number of imide groups is 1. The first-order valence-electron chi connectivity index (χ1n) is 10.5. The van der Waals surface area contributed by atoms with E-state index in [-0.39, 0.29) is 32.4 Å². The summed E-state index contributed by atoms with van der Waals surface area (Å²) in [5.74, 6) is -3.63. The van der Waals surface area contributed by atoms with E-state index >= 15 is 0 Å². The van der Waals surface area contributed by atoms with Crippen molar-refractivity contribution in [2.24, 2.45) is 0 Å². The van der Waals surface area contributed by atoms with E-state index in [0.29, 0.717) is 11.5 Å². The number of nitrogens with zero attached hydrogens (tertiary/aromatic N) is 2. The van der Waals surface area contributed by atoms with Gasteiger partial charge in [0.05, 0.1) is 13.0 Å². The highest BCUT2D eigenvalue weighted by Gasteiger charge is 2.42. The lowest BCUT2D eigenvalue weighted by Crippen LogP contribution is -2.54. The topological polar surface area (TPSA) is 149 Å². The molecule has 0 unspecified atom stereocenters. The second-order valence-corrected chi connectivity index (χ2v) is 8.39. The molecule has 4 amide bonds. The van der Waals surface area contributed by atoms with Crippen molar-refractivity contribution in [2.45, 2.75) is 77.5 Å². The van der Waals surface area contributed by atoms with E-state index in [1.54, 1.807) is 27.7 Å². The van der Waals surface area contributed by atoms with Crippen molar-refractivity contribution in [2.75, 3.05) is 13.2 Å². The van der Waals surface area contributed by atoms with Gasteiger partial charge in [0.15, 0.2) is 0 Å². The summed E-state index contributed by atoms with van der Waals surface area (Å²) >= 11 is 0. The number of ether oxygens (including phenoxy) is 2. The molecular formula is C20H29N3O9. The van der Waals surface area contributed by atoms with E-state index in [2.05, 4.69) is 5.32 Å². The number of hydrogen-bond donors (Lipinski definition) is 1. The normalized spacial score (nSPS) is 19.6. The standard InChI is InChI=1S/C20H29N3O9/c1-5-30-16(26)11-12(21-19(29)31-20(2,3)4)17(27)22-10-6-7-13(22)18(28)32-23-14(24)8-9-15(23)25/h12-13H,5-11H2,1-4H3,(H,21,29)/t12-,13-/m0/s1. The van der Waals surface area contributed by atoms with E-state index in [9.17, 15) is 28.8 Å². The Morgan fingerprint density at radius 2 is 1.75 bits per heavy atom. The van der Waals surface area contributed by atoms with Gasteiger partial charge in [-0.05, 0) is 40.5 Å². The van der Waals surface area contributed by atoms with Gasteiger partial charge in [-0.2, -0.15) is 0 Å². The SMILES string of the molecule is CCOC(=O)C[C@H](NC(=O)OC(C)(C)C)C(=O)N1CCC[C@H]1C(=O)ON1C(=O)CCC1=O. The first-order chi connectivity index (χ1) is 14.9. The molecule has 0 radical (unpaired) electrons. The predicted molar refractivity (Wildman–Crippen MR) is 106 cm³/mol. The van der Waals surface area contributed by atoms with Crippen LogP contribution in [0.25, 0.3) is 0 Å². The van der Waals surface area contributed by atoms with Crippen molar-refractivity contribution < 1.29 is 43.1 Å². The van der Waals surface area contributed by atoms with Gasteiger partial charge in [-0.25, -0.2) is 9.59 Å². The lowest BCUT2D eigenvalue weighted by Gasteiger charge is -2.29. The second kappa shape index (κ2) is 10.4. The Morgan fingerprint density at radius 3 is 2.31 bits per heavy atom. The largest absolute Gasteiger partial charge is 0.466 e. The van der Waals surface area contributed by atoms with E-state index in [0.717, 1.165) is 4.90 Å². The van der Waals surface area contributed by atoms with Crippen molar-refractivity contribution >= 4 is 35.8 Å². The molecule has 2 aliphatic heterocycles. The maximum absolute atomic E-state index is 13.2. The molecule has 0 aromatic rings. The lowest BCUT2D eigenvalue weighted by molar-refractivity contribution is -0.200. The molecule has 0 aliphatic carbocycles. The molecule has 2 heterocycles. The number of likely N-dealkylation sites (tertiary alicyclic amines) is 1. The minimum absolute atomic E-state index is 0.0547. The summed E-state index contributed by atoms with van der Waals surface area (Å²) in [7, 11) is 0. The molecule has 0 bridgehead atoms. The van der Waals surface area contributed by atoms with Crippen LogP contribution in [0.2, 0.25) is 0 Å². The van der Waals surface area contributed by atoms with Crippen LogP contribution in [0.15, 0.2) is 0 Å². The van der Waals surface area contributed by atoms with Crippen molar-refractivity contribution in [3.8, 4) is 0 Å². The number of esters is 1. The van der Waals surface area contributed by atoms with Crippen LogP contribution in [0.3, 0.4) is 0 Å². The van der Waals surface area contributed by atoms with E-state index < -0.39 is 59.9 Å². The number of amides is 4. The molecule has 0 spiro atoms. The number of nitrogens with one attached hydrogen (secondary N) is 1. The monoisotopic (exact) mass is 455 g/mol. The molecule has 2 rings (SSSR count). The Labute approximate surface area is 185 Å². The number of carbonyl (C=O) groups excluding carboxylic acids is 6. The Morgan fingerprint density at radius 1 is 1.12 bits per heavy atom. The van der Waals surface area contributed by atoms with Crippen molar-refractivity contribution in [1.29, 1.82) is 0 Å². The molecule has 0 aromatic heterocycles. The van der Waals surface area contributed by atoms with Crippen LogP contribution >= 0.6 is 0 Å². The summed E-state index contributed by atoms with van der Waals surface area (Å²) in [4.78, 5) is 79.5. The van der Waals surface area contributed by atoms with Crippen molar-refractivity contribution in [3.63, 3.8) is 0 Å². The molecule has 0 aromatic carbocycles. The Hall–Kier alpha value is -3.18. The number of hydroxylamine groups is 2. The molecule has 1 N–H and O–H groups in total. The lowest BCUT2D eigenvalue weighted by atomic mass is 10.1. The quantitative estimate of drug-likeness (QED) is 0.426. The van der Waals surface area contributed by atoms with Crippen LogP contribution in [0, 0.1) is 0 Å². The van der Waals surface area contributed by atoms with E-state index in [1.165, 1.54) is 0 Å². The second-order valence-electron chi connectivity index (χ2n) is 8.39. The van der Waals surface area contributed by atoms with E-state index in [4.69, 9.17) is 14.3 Å². The maximum Gasteiger partial charge on any atom is 0.408 e. The smallest absolute Gasteiger partial charge is 0.408 e. The first-order valence-corrected chi connectivity index (χ1v) is 10.5. The highest BCUT2D eigenvalue weighted by Crippen LogP contribution is 2.22. The number of hydrogen-bond acceptors (Lipinski definition) is 9. The Balaban J connectivity index is 2.13. The number of rotatable bonds is 7. The average Bonchev–Trinajstić information content (AvgIpc) is 3.28. The van der Waals surface area contributed by atoms with Crippen LogP contribution in [-0.2, 0) is 38.3 Å². The average molecular weight is 455 g/mol. The van der Waals surface area contributed by atoms with Gasteiger partial charge in [0, 0.05) is 19.4 Å². The molecule has 2 atom stereocenters. The summed E-state index contributed by atoms with van der Waals surface area (Å²) in [5.41, 5.74) is -0.837. The molecule has 2 saturated heterocycles. The minimum Gasteiger partial charge on any atom is -0.466 e. The maximum atomic E-state index is 13.2. The summed E-state index contributed by atoms with van der Waals surface area (Å²) in [5, 5.41) is 2.78. The van der Waals surface area contributed by atoms with E-state index in [1.807, 2.05) is 0 Å². The molecule has 0 saturated carbocycles. The van der Waals surface area contributed by atoms with Gasteiger partial charge in [-0.3, -0.25) is 19.2 Å². The molecule has 2 aliphatic rings. The van der Waals surface area contributed by atoms with Gasteiger partial charge in [0.1, 0.15) is 17.7 Å². The van der Waals surface area contributed by atoms with Crippen LogP contribution in [-0.4, -0.2) is 76.6 Å². The summed E-state index contributed by atoms with van der Waals surface area (Å²) in [6.45, 7) is 6.77. The van der Waals surface area contributed by atoms with Crippen LogP contribution in [0.4, 0.5) is 4.79 Å². The Bertz CT molecular complexity index is 774. The summed E-state index contributed by atoms with van der Waals surface area (Å²) < 4.78 is 10.0. The van der Waals surface area contributed by atoms with Gasteiger partial charge in [-0.15, -0.1) is 5.06 Å². The third kappa shape index (κ3) is 6.66. The molecule has 2 fully saturated rings. The van der Waals surface area contributed by atoms with Gasteiger partial charge in [0.25, 0.3) is 11.8 Å². The summed E-state index contributed by atoms with van der Waals surface area (Å²) in [6.07, 6.45) is -0.799. The highest BCUT2D eigenvalue weighted by atomic mass is 16.7. The molecule has 32 heavy (non-hydrogen) atoms. The van der Waals surface area contributed by atoms with Crippen LogP contribution in [0.5, 0.6) is 0 Å². The zero-order chi connectivity index (χ0) is 24.1. The fourth-order valence-corrected chi connectivity index (χ4v) is 3.32. The molecule has 12 heteroatoms. The molecular weight excluding hydrogens is 426 g/mol. The van der Waals surface area contributed by atoms with Crippen LogP contribution in [0.1, 0.15) is 59.8 Å². The van der Waals surface area contributed by atoms with Gasteiger partial charge in [-0.1, -0.05) is 0 Å². The zero-order valence-corrected chi connectivity index (χ0v) is 18.7. The zero-order valence-electron chi connectivity index (χ0n) is 18.7. The molecule has 12 nitrogen and oxygen atoms in total.